The Bertz CT molecular complexity index is 900. The van der Waals surface area contributed by atoms with Crippen molar-refractivity contribution in [3.8, 4) is 0 Å². The van der Waals surface area contributed by atoms with Crippen LogP contribution in [-0.2, 0) is 10.3 Å². The number of amides is 1. The molecule has 2 aromatic heterocycles. The SMILES string of the molecule is CCOC(=O)c1ncn(C2CCN(C(=O)c3cnn(C(C)(C)C)c3C)CC2)c1N. The molecule has 9 nitrogen and oxygen atoms in total. The van der Waals surface area contributed by atoms with Crippen molar-refractivity contribution in [2.75, 3.05) is 25.4 Å². The van der Waals surface area contributed by atoms with Crippen LogP contribution in [0, 0.1) is 6.92 Å². The summed E-state index contributed by atoms with van der Waals surface area (Å²) in [4.78, 5) is 30.9. The third kappa shape index (κ3) is 3.99. The van der Waals surface area contributed by atoms with Gasteiger partial charge in [0, 0.05) is 24.8 Å². The molecule has 0 bridgehead atoms. The maximum Gasteiger partial charge on any atom is 0.360 e. The monoisotopic (exact) mass is 402 g/mol. The van der Waals surface area contributed by atoms with Gasteiger partial charge in [-0.1, -0.05) is 0 Å². The quantitative estimate of drug-likeness (QED) is 0.787. The Morgan fingerprint density at radius 2 is 1.93 bits per heavy atom. The lowest BCUT2D eigenvalue weighted by Gasteiger charge is -2.33. The zero-order valence-corrected chi connectivity index (χ0v) is 17.8. The summed E-state index contributed by atoms with van der Waals surface area (Å²) in [6.45, 7) is 11.3. The van der Waals surface area contributed by atoms with Crippen molar-refractivity contribution in [2.45, 2.75) is 59.0 Å². The molecular weight excluding hydrogens is 372 g/mol. The van der Waals surface area contributed by atoms with E-state index in [0.717, 1.165) is 18.5 Å². The predicted molar refractivity (Wildman–Crippen MR) is 109 cm³/mol. The van der Waals surface area contributed by atoms with Crippen molar-refractivity contribution >= 4 is 17.7 Å². The predicted octanol–water partition coefficient (Wildman–Crippen LogP) is 2.38. The first-order valence-electron chi connectivity index (χ1n) is 9.99. The number of likely N-dealkylation sites (tertiary alicyclic amines) is 1. The van der Waals surface area contributed by atoms with E-state index in [1.165, 1.54) is 0 Å². The van der Waals surface area contributed by atoms with Gasteiger partial charge in [0.1, 0.15) is 5.82 Å². The molecule has 3 heterocycles. The van der Waals surface area contributed by atoms with Gasteiger partial charge in [-0.3, -0.25) is 9.48 Å². The van der Waals surface area contributed by atoms with Gasteiger partial charge in [0.05, 0.1) is 30.2 Å². The van der Waals surface area contributed by atoms with E-state index in [9.17, 15) is 9.59 Å². The molecule has 0 aliphatic carbocycles. The largest absolute Gasteiger partial charge is 0.461 e. The fourth-order valence-electron chi connectivity index (χ4n) is 3.83. The molecular formula is C20H30N6O3. The number of piperidine rings is 1. The molecule has 0 atom stereocenters. The van der Waals surface area contributed by atoms with Gasteiger partial charge in [0.25, 0.3) is 5.91 Å². The van der Waals surface area contributed by atoms with Crippen LogP contribution in [0.25, 0.3) is 0 Å². The van der Waals surface area contributed by atoms with Gasteiger partial charge in [-0.25, -0.2) is 9.78 Å². The summed E-state index contributed by atoms with van der Waals surface area (Å²) >= 11 is 0. The van der Waals surface area contributed by atoms with Crippen LogP contribution < -0.4 is 5.73 Å². The number of rotatable bonds is 4. The number of nitrogens with zero attached hydrogens (tertiary/aromatic N) is 5. The van der Waals surface area contributed by atoms with Gasteiger partial charge in [-0.2, -0.15) is 5.10 Å². The van der Waals surface area contributed by atoms with Crippen LogP contribution in [0.5, 0.6) is 0 Å². The van der Waals surface area contributed by atoms with Crippen LogP contribution in [0.1, 0.15) is 73.1 Å². The lowest BCUT2D eigenvalue weighted by molar-refractivity contribution is 0.0521. The Morgan fingerprint density at radius 3 is 2.48 bits per heavy atom. The van der Waals surface area contributed by atoms with E-state index in [2.05, 4.69) is 30.9 Å². The molecule has 3 rings (SSSR count). The van der Waals surface area contributed by atoms with Crippen molar-refractivity contribution in [2.24, 2.45) is 0 Å². The van der Waals surface area contributed by atoms with E-state index >= 15 is 0 Å². The molecule has 0 unspecified atom stereocenters. The highest BCUT2D eigenvalue weighted by Gasteiger charge is 2.30. The summed E-state index contributed by atoms with van der Waals surface area (Å²) in [7, 11) is 0. The first kappa shape index (κ1) is 20.9. The summed E-state index contributed by atoms with van der Waals surface area (Å²) in [6, 6.07) is 0.0909. The standard InChI is InChI=1S/C20H30N6O3/c1-6-29-19(28)16-17(21)25(12-22-16)14-7-9-24(10-8-14)18(27)15-11-23-26(13(15)2)20(3,4)5/h11-12,14H,6-10,21H2,1-5H3. The van der Waals surface area contributed by atoms with Gasteiger partial charge >= 0.3 is 5.97 Å². The van der Waals surface area contributed by atoms with Crippen LogP contribution in [0.2, 0.25) is 0 Å². The lowest BCUT2D eigenvalue weighted by atomic mass is 10.0. The van der Waals surface area contributed by atoms with E-state index in [1.807, 2.05) is 21.1 Å². The molecule has 0 saturated carbocycles. The minimum atomic E-state index is -0.511. The van der Waals surface area contributed by atoms with Gasteiger partial charge in [-0.05, 0) is 47.5 Å². The summed E-state index contributed by atoms with van der Waals surface area (Å²) in [5.41, 5.74) is 7.62. The summed E-state index contributed by atoms with van der Waals surface area (Å²) in [5.74, 6) is -0.194. The molecule has 0 radical (unpaired) electrons. The number of nitrogen functional groups attached to an aromatic ring is 1. The zero-order chi connectivity index (χ0) is 21.3. The Hall–Kier alpha value is -2.84. The molecule has 0 spiro atoms. The van der Waals surface area contributed by atoms with Crippen molar-refractivity contribution in [3.05, 3.63) is 29.5 Å². The number of ether oxygens (including phenoxy) is 1. The Balaban J connectivity index is 1.68. The molecule has 1 aliphatic rings. The minimum Gasteiger partial charge on any atom is -0.461 e. The maximum atomic E-state index is 13.0. The molecule has 1 amide bonds. The number of anilines is 1. The first-order valence-corrected chi connectivity index (χ1v) is 9.99. The fourth-order valence-corrected chi connectivity index (χ4v) is 3.83. The van der Waals surface area contributed by atoms with Crippen LogP contribution in [0.4, 0.5) is 5.82 Å². The average Bonchev–Trinajstić information content (AvgIpc) is 3.24. The number of aromatic nitrogens is 4. The van der Waals surface area contributed by atoms with Gasteiger partial charge < -0.3 is 19.9 Å². The van der Waals surface area contributed by atoms with Crippen LogP contribution in [-0.4, -0.2) is 55.8 Å². The minimum absolute atomic E-state index is 0.00210. The normalized spacial score (nSPS) is 15.6. The van der Waals surface area contributed by atoms with E-state index in [1.54, 1.807) is 19.4 Å². The highest BCUT2D eigenvalue weighted by atomic mass is 16.5. The number of hydrogen-bond donors (Lipinski definition) is 1. The molecule has 2 aromatic rings. The van der Waals surface area contributed by atoms with E-state index in [0.29, 0.717) is 24.5 Å². The van der Waals surface area contributed by atoms with E-state index < -0.39 is 5.97 Å². The maximum absolute atomic E-state index is 13.0. The number of nitrogens with two attached hydrogens (primary N) is 1. The zero-order valence-electron chi connectivity index (χ0n) is 17.8. The molecule has 29 heavy (non-hydrogen) atoms. The topological polar surface area (TPSA) is 108 Å². The molecule has 9 heteroatoms. The van der Waals surface area contributed by atoms with Crippen molar-refractivity contribution in [1.29, 1.82) is 0 Å². The van der Waals surface area contributed by atoms with Gasteiger partial charge in [0.15, 0.2) is 5.69 Å². The summed E-state index contributed by atoms with van der Waals surface area (Å²) in [6.07, 6.45) is 4.72. The molecule has 0 aromatic carbocycles. The second kappa shape index (κ2) is 7.88. The Kier molecular flexibility index (Phi) is 5.68. The van der Waals surface area contributed by atoms with Crippen molar-refractivity contribution in [1.82, 2.24) is 24.2 Å². The molecule has 2 N–H and O–H groups in total. The smallest absolute Gasteiger partial charge is 0.360 e. The molecule has 1 saturated heterocycles. The molecule has 1 aliphatic heterocycles. The number of carbonyl (C=O) groups is 2. The van der Waals surface area contributed by atoms with Crippen molar-refractivity contribution in [3.63, 3.8) is 0 Å². The molecule has 1 fully saturated rings. The third-order valence-corrected chi connectivity index (χ3v) is 5.32. The van der Waals surface area contributed by atoms with Crippen molar-refractivity contribution < 1.29 is 14.3 Å². The second-order valence-electron chi connectivity index (χ2n) is 8.36. The number of hydrogen-bond acceptors (Lipinski definition) is 6. The fraction of sp³-hybridized carbons (Fsp3) is 0.600. The number of imidazole rings is 1. The Morgan fingerprint density at radius 1 is 1.28 bits per heavy atom. The molecule has 158 valence electrons. The average molecular weight is 402 g/mol. The highest BCUT2D eigenvalue weighted by molar-refractivity contribution is 5.95. The van der Waals surface area contributed by atoms with E-state index in [4.69, 9.17) is 10.5 Å². The summed E-state index contributed by atoms with van der Waals surface area (Å²) in [5, 5.41) is 4.41. The third-order valence-electron chi connectivity index (χ3n) is 5.32. The number of esters is 1. The second-order valence-corrected chi connectivity index (χ2v) is 8.36. The number of carbonyl (C=O) groups excluding carboxylic acids is 2. The van der Waals surface area contributed by atoms with E-state index in [-0.39, 0.29) is 29.8 Å². The first-order chi connectivity index (χ1) is 13.6. The van der Waals surface area contributed by atoms with Crippen LogP contribution in [0.15, 0.2) is 12.5 Å². The van der Waals surface area contributed by atoms with Gasteiger partial charge in [-0.15, -0.1) is 0 Å². The Labute approximate surface area is 170 Å². The lowest BCUT2D eigenvalue weighted by Crippen LogP contribution is -2.39. The summed E-state index contributed by atoms with van der Waals surface area (Å²) < 4.78 is 8.69. The van der Waals surface area contributed by atoms with Gasteiger partial charge in [0.2, 0.25) is 0 Å². The highest BCUT2D eigenvalue weighted by Crippen LogP contribution is 2.28. The van der Waals surface area contributed by atoms with Crippen LogP contribution >= 0.6 is 0 Å². The van der Waals surface area contributed by atoms with Crippen LogP contribution in [0.3, 0.4) is 0 Å².